The molecule has 8 heteroatoms. The van der Waals surface area contributed by atoms with E-state index in [1.165, 1.54) is 6.20 Å². The maximum absolute atomic E-state index is 12.3. The van der Waals surface area contributed by atoms with E-state index in [0.717, 1.165) is 5.69 Å². The van der Waals surface area contributed by atoms with Crippen molar-refractivity contribution in [3.05, 3.63) is 41.9 Å². The summed E-state index contributed by atoms with van der Waals surface area (Å²) in [5.74, 6) is 0.277. The van der Waals surface area contributed by atoms with Crippen LogP contribution in [0.2, 0.25) is 0 Å². The summed E-state index contributed by atoms with van der Waals surface area (Å²) in [4.78, 5) is 18.7. The van der Waals surface area contributed by atoms with E-state index in [1.807, 2.05) is 25.2 Å². The molecule has 1 atom stereocenters. The Morgan fingerprint density at radius 1 is 1.42 bits per heavy atom. The van der Waals surface area contributed by atoms with Crippen LogP contribution in [0.1, 0.15) is 23.0 Å². The molecular formula is C18H24N4O4. The van der Waals surface area contributed by atoms with Crippen LogP contribution in [0.5, 0.6) is 0 Å². The number of carbonyl (C=O) groups is 1. The molecule has 140 valence electrons. The van der Waals surface area contributed by atoms with Crippen LogP contribution in [0.25, 0.3) is 5.82 Å². The molecule has 3 rings (SSSR count). The summed E-state index contributed by atoms with van der Waals surface area (Å²) in [5, 5.41) is 4.36. The third kappa shape index (κ3) is 4.46. The fourth-order valence-electron chi connectivity index (χ4n) is 2.89. The lowest BCUT2D eigenvalue weighted by atomic mass is 10.2. The number of carbonyl (C=O) groups excluding carboxylic acids is 1. The Morgan fingerprint density at radius 3 is 3.00 bits per heavy atom. The molecule has 0 spiro atoms. The molecule has 1 aliphatic rings. The summed E-state index contributed by atoms with van der Waals surface area (Å²) in [5.41, 5.74) is 1.19. The molecule has 3 heterocycles. The van der Waals surface area contributed by atoms with Crippen molar-refractivity contribution in [2.24, 2.45) is 0 Å². The highest BCUT2D eigenvalue weighted by atomic mass is 16.6. The Bertz CT molecular complexity index is 713. The first-order valence-corrected chi connectivity index (χ1v) is 8.72. The van der Waals surface area contributed by atoms with Gasteiger partial charge in [0.2, 0.25) is 0 Å². The van der Waals surface area contributed by atoms with Crippen molar-refractivity contribution < 1.29 is 19.0 Å². The molecular weight excluding hydrogens is 336 g/mol. The van der Waals surface area contributed by atoms with E-state index in [9.17, 15) is 4.79 Å². The molecule has 0 amide bonds. The van der Waals surface area contributed by atoms with Crippen LogP contribution < -0.4 is 0 Å². The van der Waals surface area contributed by atoms with Gasteiger partial charge in [-0.15, -0.1) is 0 Å². The Kier molecular flexibility index (Phi) is 6.32. The molecule has 2 aromatic rings. The normalized spacial score (nSPS) is 17.4. The van der Waals surface area contributed by atoms with Gasteiger partial charge in [-0.05, 0) is 26.1 Å². The van der Waals surface area contributed by atoms with Gasteiger partial charge in [0.1, 0.15) is 5.56 Å². The molecule has 26 heavy (non-hydrogen) atoms. The highest BCUT2D eigenvalue weighted by molar-refractivity contribution is 5.90. The highest BCUT2D eigenvalue weighted by Crippen LogP contribution is 2.17. The predicted octanol–water partition coefficient (Wildman–Crippen LogP) is 1.29. The fourth-order valence-corrected chi connectivity index (χ4v) is 2.89. The van der Waals surface area contributed by atoms with Gasteiger partial charge < -0.3 is 14.2 Å². The molecule has 0 aliphatic carbocycles. The number of likely N-dealkylation sites (N-methyl/N-ethyl adjacent to an activating group) is 1. The lowest BCUT2D eigenvalue weighted by molar-refractivity contribution is -0.0963. The summed E-state index contributed by atoms with van der Waals surface area (Å²) < 4.78 is 18.0. The second kappa shape index (κ2) is 8.88. The van der Waals surface area contributed by atoms with Crippen molar-refractivity contribution in [1.82, 2.24) is 19.7 Å². The van der Waals surface area contributed by atoms with Crippen LogP contribution in [0, 0.1) is 0 Å². The van der Waals surface area contributed by atoms with Gasteiger partial charge in [-0.1, -0.05) is 6.07 Å². The van der Waals surface area contributed by atoms with Crippen LogP contribution in [0.3, 0.4) is 0 Å². The zero-order chi connectivity index (χ0) is 18.4. The van der Waals surface area contributed by atoms with E-state index < -0.39 is 0 Å². The van der Waals surface area contributed by atoms with Gasteiger partial charge in [0.25, 0.3) is 0 Å². The summed E-state index contributed by atoms with van der Waals surface area (Å²) in [7, 11) is 1.97. The highest BCUT2D eigenvalue weighted by Gasteiger charge is 2.23. The molecule has 0 radical (unpaired) electrons. The van der Waals surface area contributed by atoms with Crippen LogP contribution in [0.4, 0.5) is 0 Å². The summed E-state index contributed by atoms with van der Waals surface area (Å²) in [6.45, 7) is 5.12. The van der Waals surface area contributed by atoms with Crippen molar-refractivity contribution in [3.63, 3.8) is 0 Å². The van der Waals surface area contributed by atoms with E-state index >= 15 is 0 Å². The van der Waals surface area contributed by atoms with Crippen LogP contribution in [0.15, 0.2) is 30.6 Å². The number of esters is 1. The van der Waals surface area contributed by atoms with Gasteiger partial charge in [-0.25, -0.2) is 14.5 Å². The predicted molar refractivity (Wildman–Crippen MR) is 94.2 cm³/mol. The molecule has 1 unspecified atom stereocenters. The van der Waals surface area contributed by atoms with Crippen molar-refractivity contribution >= 4 is 5.97 Å². The first-order valence-electron chi connectivity index (χ1n) is 8.72. The second-order valence-corrected chi connectivity index (χ2v) is 6.09. The SMILES string of the molecule is CCOC(=O)c1cnn(-c2ccccn2)c1CN(C)CC1COCCO1. The molecule has 0 aromatic carbocycles. The molecule has 0 bridgehead atoms. The minimum absolute atomic E-state index is 0.0195. The zero-order valence-corrected chi connectivity index (χ0v) is 15.1. The Morgan fingerprint density at radius 2 is 2.31 bits per heavy atom. The van der Waals surface area contributed by atoms with Crippen molar-refractivity contribution in [2.75, 3.05) is 40.0 Å². The first-order chi connectivity index (χ1) is 12.7. The molecule has 0 N–H and O–H groups in total. The first kappa shape index (κ1) is 18.5. The van der Waals surface area contributed by atoms with Gasteiger partial charge >= 0.3 is 5.97 Å². The molecule has 1 saturated heterocycles. The molecule has 1 fully saturated rings. The lowest BCUT2D eigenvalue weighted by Crippen LogP contribution is -2.38. The number of hydrogen-bond donors (Lipinski definition) is 0. The average Bonchev–Trinajstić information content (AvgIpc) is 3.07. The van der Waals surface area contributed by atoms with E-state index in [0.29, 0.717) is 50.9 Å². The lowest BCUT2D eigenvalue weighted by Gasteiger charge is -2.27. The smallest absolute Gasteiger partial charge is 0.341 e. The quantitative estimate of drug-likeness (QED) is 0.689. The minimum Gasteiger partial charge on any atom is -0.462 e. The van der Waals surface area contributed by atoms with E-state index in [1.54, 1.807) is 17.8 Å². The number of aromatic nitrogens is 3. The standard InChI is InChI=1S/C18H24N4O4/c1-3-25-18(23)15-10-20-22(17-6-4-5-7-19-17)16(15)12-21(2)11-14-13-24-8-9-26-14/h4-7,10,14H,3,8-9,11-13H2,1-2H3. The van der Waals surface area contributed by atoms with E-state index in [2.05, 4.69) is 15.0 Å². The summed E-state index contributed by atoms with van der Waals surface area (Å²) >= 11 is 0. The summed E-state index contributed by atoms with van der Waals surface area (Å²) in [6.07, 6.45) is 3.25. The maximum atomic E-state index is 12.3. The van der Waals surface area contributed by atoms with Gasteiger partial charge in [0.15, 0.2) is 5.82 Å². The Hall–Kier alpha value is -2.29. The molecule has 1 aliphatic heterocycles. The van der Waals surface area contributed by atoms with Crippen molar-refractivity contribution in [2.45, 2.75) is 19.6 Å². The van der Waals surface area contributed by atoms with Gasteiger partial charge in [-0.2, -0.15) is 5.10 Å². The third-order valence-corrected chi connectivity index (χ3v) is 4.05. The Balaban J connectivity index is 1.82. The largest absolute Gasteiger partial charge is 0.462 e. The fraction of sp³-hybridized carbons (Fsp3) is 0.500. The zero-order valence-electron chi connectivity index (χ0n) is 15.1. The second-order valence-electron chi connectivity index (χ2n) is 6.09. The number of nitrogens with zero attached hydrogens (tertiary/aromatic N) is 4. The monoisotopic (exact) mass is 360 g/mol. The average molecular weight is 360 g/mol. The number of pyridine rings is 1. The minimum atomic E-state index is -0.379. The number of rotatable bonds is 7. The molecule has 8 nitrogen and oxygen atoms in total. The Labute approximate surface area is 152 Å². The van der Waals surface area contributed by atoms with E-state index in [4.69, 9.17) is 14.2 Å². The van der Waals surface area contributed by atoms with Crippen LogP contribution in [-0.2, 0) is 20.8 Å². The number of hydrogen-bond acceptors (Lipinski definition) is 7. The topological polar surface area (TPSA) is 78.7 Å². The molecule has 2 aromatic heterocycles. The van der Waals surface area contributed by atoms with Gasteiger partial charge in [0.05, 0.1) is 44.4 Å². The maximum Gasteiger partial charge on any atom is 0.341 e. The third-order valence-electron chi connectivity index (χ3n) is 4.05. The van der Waals surface area contributed by atoms with Crippen LogP contribution in [-0.4, -0.2) is 71.8 Å². The van der Waals surface area contributed by atoms with Crippen molar-refractivity contribution in [1.29, 1.82) is 0 Å². The van der Waals surface area contributed by atoms with Gasteiger partial charge in [-0.3, -0.25) is 4.90 Å². The summed E-state index contributed by atoms with van der Waals surface area (Å²) in [6, 6.07) is 5.57. The van der Waals surface area contributed by atoms with Gasteiger partial charge in [0, 0.05) is 19.3 Å². The number of ether oxygens (including phenoxy) is 3. The van der Waals surface area contributed by atoms with E-state index in [-0.39, 0.29) is 12.1 Å². The van der Waals surface area contributed by atoms with Crippen molar-refractivity contribution in [3.8, 4) is 5.82 Å². The molecule has 0 saturated carbocycles. The van der Waals surface area contributed by atoms with Crippen LogP contribution >= 0.6 is 0 Å².